The van der Waals surface area contributed by atoms with Crippen molar-refractivity contribution >= 4 is 34.9 Å². The zero-order valence-corrected chi connectivity index (χ0v) is 13.8. The summed E-state index contributed by atoms with van der Waals surface area (Å²) in [5.74, 6) is -0.273. The summed E-state index contributed by atoms with van der Waals surface area (Å²) in [4.78, 5) is 28.9. The maximum absolute atomic E-state index is 12.5. The largest absolute Gasteiger partial charge is 0.321 e. The Morgan fingerprint density at radius 3 is 2.40 bits per heavy atom. The standard InChI is InChI=1S/C19H14ClN3O2/c20-14-7-5-6-13(12-14)18(24)22-16-9-2-1-8-15(16)19(25)23-17-10-3-4-11-21-17/h1-12H,(H,22,24)(H,21,23,25). The maximum Gasteiger partial charge on any atom is 0.258 e. The number of rotatable bonds is 4. The molecule has 1 aromatic heterocycles. The highest BCUT2D eigenvalue weighted by atomic mass is 35.5. The minimum atomic E-state index is -0.360. The molecule has 0 bridgehead atoms. The molecular weight excluding hydrogens is 338 g/mol. The lowest BCUT2D eigenvalue weighted by atomic mass is 10.1. The van der Waals surface area contributed by atoms with E-state index in [-0.39, 0.29) is 11.8 Å². The molecule has 0 fully saturated rings. The zero-order valence-electron chi connectivity index (χ0n) is 13.1. The molecule has 0 aliphatic heterocycles. The summed E-state index contributed by atoms with van der Waals surface area (Å²) < 4.78 is 0. The normalized spacial score (nSPS) is 10.1. The number of hydrogen-bond acceptors (Lipinski definition) is 3. The number of carbonyl (C=O) groups excluding carboxylic acids is 2. The first-order valence-corrected chi connectivity index (χ1v) is 7.89. The van der Waals surface area contributed by atoms with Gasteiger partial charge in [0.15, 0.2) is 0 Å². The molecule has 5 nitrogen and oxygen atoms in total. The molecule has 0 saturated carbocycles. The van der Waals surface area contributed by atoms with Crippen LogP contribution in [0.4, 0.5) is 11.5 Å². The molecule has 0 aliphatic rings. The molecule has 124 valence electrons. The Bertz CT molecular complexity index is 913. The van der Waals surface area contributed by atoms with E-state index in [1.165, 1.54) is 0 Å². The molecule has 0 unspecified atom stereocenters. The first kappa shape index (κ1) is 16.7. The summed E-state index contributed by atoms with van der Waals surface area (Å²) in [5, 5.41) is 5.91. The highest BCUT2D eigenvalue weighted by molar-refractivity contribution is 6.31. The van der Waals surface area contributed by atoms with Crippen molar-refractivity contribution in [2.24, 2.45) is 0 Å². The summed E-state index contributed by atoms with van der Waals surface area (Å²) in [6, 6.07) is 18.6. The van der Waals surface area contributed by atoms with Gasteiger partial charge in [-0.25, -0.2) is 4.98 Å². The number of pyridine rings is 1. The minimum absolute atomic E-state index is 0.337. The average molecular weight is 352 g/mol. The average Bonchev–Trinajstić information content (AvgIpc) is 2.63. The predicted octanol–water partition coefficient (Wildman–Crippen LogP) is 4.24. The smallest absolute Gasteiger partial charge is 0.258 e. The number of nitrogens with zero attached hydrogens (tertiary/aromatic N) is 1. The first-order valence-electron chi connectivity index (χ1n) is 7.52. The van der Waals surface area contributed by atoms with Crippen molar-refractivity contribution < 1.29 is 9.59 Å². The van der Waals surface area contributed by atoms with Crippen LogP contribution < -0.4 is 10.6 Å². The third-order valence-corrected chi connectivity index (χ3v) is 3.65. The molecule has 0 radical (unpaired) electrons. The predicted molar refractivity (Wildman–Crippen MR) is 98.0 cm³/mol. The van der Waals surface area contributed by atoms with Gasteiger partial charge in [0.2, 0.25) is 0 Å². The van der Waals surface area contributed by atoms with Gasteiger partial charge in [0, 0.05) is 16.8 Å². The monoisotopic (exact) mass is 351 g/mol. The Hall–Kier alpha value is -3.18. The fourth-order valence-electron chi connectivity index (χ4n) is 2.23. The van der Waals surface area contributed by atoms with Crippen LogP contribution in [-0.4, -0.2) is 16.8 Å². The van der Waals surface area contributed by atoms with Crippen LogP contribution in [0.15, 0.2) is 72.9 Å². The highest BCUT2D eigenvalue weighted by Crippen LogP contribution is 2.19. The van der Waals surface area contributed by atoms with E-state index in [9.17, 15) is 9.59 Å². The molecule has 0 atom stereocenters. The Balaban J connectivity index is 1.81. The number of halogens is 1. The third kappa shape index (κ3) is 4.22. The van der Waals surface area contributed by atoms with E-state index >= 15 is 0 Å². The molecule has 2 aromatic carbocycles. The SMILES string of the molecule is O=C(Nc1ccccc1C(=O)Nc1ccccn1)c1cccc(Cl)c1. The van der Waals surface area contributed by atoms with E-state index in [2.05, 4.69) is 15.6 Å². The van der Waals surface area contributed by atoms with Crippen molar-refractivity contribution in [1.29, 1.82) is 0 Å². The van der Waals surface area contributed by atoms with Crippen molar-refractivity contribution in [1.82, 2.24) is 4.98 Å². The zero-order chi connectivity index (χ0) is 17.6. The van der Waals surface area contributed by atoms with Gasteiger partial charge < -0.3 is 10.6 Å². The van der Waals surface area contributed by atoms with Crippen LogP contribution in [0.1, 0.15) is 20.7 Å². The van der Waals surface area contributed by atoms with E-state index in [1.807, 2.05) is 0 Å². The van der Waals surface area contributed by atoms with E-state index < -0.39 is 0 Å². The summed E-state index contributed by atoms with van der Waals surface area (Å²) in [6.45, 7) is 0. The number of anilines is 2. The van der Waals surface area contributed by atoms with Crippen molar-refractivity contribution in [2.75, 3.05) is 10.6 Å². The van der Waals surface area contributed by atoms with Gasteiger partial charge in [-0.2, -0.15) is 0 Å². The quantitative estimate of drug-likeness (QED) is 0.738. The van der Waals surface area contributed by atoms with Gasteiger partial charge in [0.05, 0.1) is 11.3 Å². The molecule has 6 heteroatoms. The lowest BCUT2D eigenvalue weighted by Crippen LogP contribution is -2.18. The first-order chi connectivity index (χ1) is 12.1. The third-order valence-electron chi connectivity index (χ3n) is 3.41. The highest BCUT2D eigenvalue weighted by Gasteiger charge is 2.14. The van der Waals surface area contributed by atoms with Crippen LogP contribution in [0.3, 0.4) is 0 Å². The molecule has 0 saturated heterocycles. The lowest BCUT2D eigenvalue weighted by Gasteiger charge is -2.11. The number of amides is 2. The summed E-state index contributed by atoms with van der Waals surface area (Å²) in [7, 11) is 0. The lowest BCUT2D eigenvalue weighted by molar-refractivity contribution is 0.102. The number of hydrogen-bond donors (Lipinski definition) is 2. The van der Waals surface area contributed by atoms with Crippen molar-refractivity contribution in [3.05, 3.63) is 89.1 Å². The van der Waals surface area contributed by atoms with E-state index in [0.29, 0.717) is 27.7 Å². The van der Waals surface area contributed by atoms with Gasteiger partial charge in [0.1, 0.15) is 5.82 Å². The second kappa shape index (κ2) is 7.59. The molecule has 2 N–H and O–H groups in total. The number of aromatic nitrogens is 1. The molecule has 1 heterocycles. The van der Waals surface area contributed by atoms with Gasteiger partial charge in [-0.05, 0) is 42.5 Å². The Labute approximate surface area is 149 Å². The molecule has 0 spiro atoms. The van der Waals surface area contributed by atoms with Crippen LogP contribution in [0.2, 0.25) is 5.02 Å². The van der Waals surface area contributed by atoms with Crippen molar-refractivity contribution in [2.45, 2.75) is 0 Å². The van der Waals surface area contributed by atoms with Crippen molar-refractivity contribution in [3.63, 3.8) is 0 Å². The minimum Gasteiger partial charge on any atom is -0.321 e. The van der Waals surface area contributed by atoms with Gasteiger partial charge in [-0.3, -0.25) is 9.59 Å². The Kier molecular flexibility index (Phi) is 5.06. The van der Waals surface area contributed by atoms with Crippen LogP contribution in [0.25, 0.3) is 0 Å². The maximum atomic E-state index is 12.5. The van der Waals surface area contributed by atoms with E-state index in [4.69, 9.17) is 11.6 Å². The molecule has 25 heavy (non-hydrogen) atoms. The Morgan fingerprint density at radius 1 is 0.840 bits per heavy atom. The summed E-state index contributed by atoms with van der Waals surface area (Å²) in [5.41, 5.74) is 1.15. The van der Waals surface area contributed by atoms with Crippen LogP contribution in [0.5, 0.6) is 0 Å². The summed E-state index contributed by atoms with van der Waals surface area (Å²) >= 11 is 5.91. The van der Waals surface area contributed by atoms with Gasteiger partial charge in [-0.15, -0.1) is 0 Å². The van der Waals surface area contributed by atoms with E-state index in [0.717, 1.165) is 0 Å². The second-order valence-electron chi connectivity index (χ2n) is 5.18. The van der Waals surface area contributed by atoms with Gasteiger partial charge in [0.25, 0.3) is 11.8 Å². The number of para-hydroxylation sites is 1. The van der Waals surface area contributed by atoms with Gasteiger partial charge >= 0.3 is 0 Å². The fourth-order valence-corrected chi connectivity index (χ4v) is 2.42. The molecule has 0 aliphatic carbocycles. The number of carbonyl (C=O) groups is 2. The van der Waals surface area contributed by atoms with Gasteiger partial charge in [-0.1, -0.05) is 35.9 Å². The molecule has 3 aromatic rings. The van der Waals surface area contributed by atoms with Crippen LogP contribution >= 0.6 is 11.6 Å². The van der Waals surface area contributed by atoms with Crippen molar-refractivity contribution in [3.8, 4) is 0 Å². The molecule has 3 rings (SSSR count). The fraction of sp³-hybridized carbons (Fsp3) is 0. The number of benzene rings is 2. The number of nitrogens with one attached hydrogen (secondary N) is 2. The second-order valence-corrected chi connectivity index (χ2v) is 5.62. The topological polar surface area (TPSA) is 71.1 Å². The summed E-state index contributed by atoms with van der Waals surface area (Å²) in [6.07, 6.45) is 1.59. The van der Waals surface area contributed by atoms with Crippen LogP contribution in [0, 0.1) is 0 Å². The van der Waals surface area contributed by atoms with E-state index in [1.54, 1.807) is 72.9 Å². The molecular formula is C19H14ClN3O2. The molecule has 2 amide bonds. The van der Waals surface area contributed by atoms with Crippen LogP contribution in [-0.2, 0) is 0 Å². The Morgan fingerprint density at radius 2 is 1.64 bits per heavy atom.